The number of benzene rings is 1. The van der Waals surface area contributed by atoms with E-state index in [1.807, 2.05) is 0 Å². The first-order valence-electron chi connectivity index (χ1n) is 5.08. The largest absolute Gasteiger partial charge is 0.478 e. The van der Waals surface area contributed by atoms with E-state index < -0.39 is 11.8 Å². The maximum absolute atomic E-state index is 13.4. The lowest BCUT2D eigenvalue weighted by atomic mass is 10.1. The van der Waals surface area contributed by atoms with Gasteiger partial charge in [-0.25, -0.2) is 19.2 Å². The van der Waals surface area contributed by atoms with Crippen LogP contribution in [-0.2, 0) is 5.75 Å². The number of carboxylic acids is 1. The van der Waals surface area contributed by atoms with Crippen molar-refractivity contribution >= 4 is 17.7 Å². The highest BCUT2D eigenvalue weighted by Gasteiger charge is 2.10. The van der Waals surface area contributed by atoms with Gasteiger partial charge in [0.05, 0.1) is 5.56 Å². The number of thioether (sulfide) groups is 1. The van der Waals surface area contributed by atoms with E-state index in [0.29, 0.717) is 16.5 Å². The first-order valence-corrected chi connectivity index (χ1v) is 6.07. The number of carboxylic acid groups (broad SMARTS) is 1. The van der Waals surface area contributed by atoms with E-state index in [-0.39, 0.29) is 5.56 Å². The first kappa shape index (κ1) is 12.5. The number of hydrogen-bond donors (Lipinski definition) is 1. The molecule has 1 aromatic carbocycles. The maximum Gasteiger partial charge on any atom is 0.338 e. The summed E-state index contributed by atoms with van der Waals surface area (Å²) in [5, 5.41) is 9.30. The zero-order valence-corrected chi connectivity index (χ0v) is 10.0. The van der Waals surface area contributed by atoms with Crippen molar-refractivity contribution in [3.63, 3.8) is 0 Å². The van der Waals surface area contributed by atoms with Gasteiger partial charge in [-0.1, -0.05) is 17.8 Å². The smallest absolute Gasteiger partial charge is 0.338 e. The van der Waals surface area contributed by atoms with Gasteiger partial charge in [0.25, 0.3) is 0 Å². The van der Waals surface area contributed by atoms with Crippen LogP contribution in [0.5, 0.6) is 0 Å². The molecule has 0 unspecified atom stereocenters. The molecule has 2 aromatic rings. The van der Waals surface area contributed by atoms with E-state index in [2.05, 4.69) is 9.97 Å². The zero-order valence-electron chi connectivity index (χ0n) is 9.21. The molecular weight excluding hydrogens is 255 g/mol. The second-order valence-corrected chi connectivity index (χ2v) is 4.38. The molecule has 0 saturated carbocycles. The second-order valence-electron chi connectivity index (χ2n) is 3.44. The predicted octanol–water partition coefficient (Wildman–Crippen LogP) is 2.61. The van der Waals surface area contributed by atoms with Crippen LogP contribution in [0.3, 0.4) is 0 Å². The summed E-state index contributed by atoms with van der Waals surface area (Å²) >= 11 is 1.36. The third-order valence-corrected chi connectivity index (χ3v) is 3.12. The average molecular weight is 264 g/mol. The summed E-state index contributed by atoms with van der Waals surface area (Å²) in [6, 6.07) is 5.78. The van der Waals surface area contributed by atoms with Crippen LogP contribution in [0.2, 0.25) is 0 Å². The third-order valence-electron chi connectivity index (χ3n) is 2.17. The molecule has 0 aliphatic rings. The van der Waals surface area contributed by atoms with Gasteiger partial charge in [-0.3, -0.25) is 0 Å². The van der Waals surface area contributed by atoms with Gasteiger partial charge >= 0.3 is 5.97 Å². The molecule has 0 radical (unpaired) electrons. The van der Waals surface area contributed by atoms with Crippen LogP contribution in [0.25, 0.3) is 0 Å². The van der Waals surface area contributed by atoms with Gasteiger partial charge < -0.3 is 5.11 Å². The van der Waals surface area contributed by atoms with E-state index >= 15 is 0 Å². The van der Waals surface area contributed by atoms with Crippen LogP contribution in [0, 0.1) is 5.82 Å². The minimum atomic E-state index is -1.27. The molecule has 6 heteroatoms. The highest BCUT2D eigenvalue weighted by Crippen LogP contribution is 2.20. The number of rotatable bonds is 4. The van der Waals surface area contributed by atoms with E-state index in [1.54, 1.807) is 24.5 Å². The van der Waals surface area contributed by atoms with Crippen molar-refractivity contribution < 1.29 is 14.3 Å². The fraction of sp³-hybridized carbons (Fsp3) is 0.0833. The van der Waals surface area contributed by atoms with Gasteiger partial charge in [-0.2, -0.15) is 0 Å². The summed E-state index contributed by atoms with van der Waals surface area (Å²) in [5.74, 6) is -1.51. The van der Waals surface area contributed by atoms with Gasteiger partial charge in [0, 0.05) is 18.1 Å². The molecule has 1 heterocycles. The molecule has 92 valence electrons. The van der Waals surface area contributed by atoms with Crippen molar-refractivity contribution in [3.05, 3.63) is 53.6 Å². The van der Waals surface area contributed by atoms with E-state index in [1.165, 1.54) is 23.9 Å². The van der Waals surface area contributed by atoms with Gasteiger partial charge in [0.1, 0.15) is 5.82 Å². The maximum atomic E-state index is 13.4. The quantitative estimate of drug-likeness (QED) is 0.679. The van der Waals surface area contributed by atoms with Gasteiger partial charge in [0.2, 0.25) is 0 Å². The Kier molecular flexibility index (Phi) is 3.88. The number of halogens is 1. The number of hydrogen-bond acceptors (Lipinski definition) is 4. The standard InChI is InChI=1S/C12H9FN2O2S/c13-10-6-8(2-3-9(10)11(16)17)7-18-12-14-4-1-5-15-12/h1-6H,7H2,(H,16,17). The molecule has 0 fully saturated rings. The van der Waals surface area contributed by atoms with Gasteiger partial charge in [0.15, 0.2) is 5.16 Å². The molecule has 18 heavy (non-hydrogen) atoms. The first-order chi connectivity index (χ1) is 8.66. The van der Waals surface area contributed by atoms with E-state index in [0.717, 1.165) is 0 Å². The predicted molar refractivity (Wildman–Crippen MR) is 65.0 cm³/mol. The molecule has 0 atom stereocenters. The van der Waals surface area contributed by atoms with Crippen LogP contribution in [0.15, 0.2) is 41.8 Å². The molecule has 4 nitrogen and oxygen atoms in total. The Morgan fingerprint density at radius 1 is 1.33 bits per heavy atom. The van der Waals surface area contributed by atoms with E-state index in [4.69, 9.17) is 5.11 Å². The highest BCUT2D eigenvalue weighted by molar-refractivity contribution is 7.98. The van der Waals surface area contributed by atoms with Crippen molar-refractivity contribution in [2.45, 2.75) is 10.9 Å². The summed E-state index contributed by atoms with van der Waals surface area (Å²) in [5.41, 5.74) is 0.370. The Morgan fingerprint density at radius 2 is 2.06 bits per heavy atom. The number of carbonyl (C=O) groups is 1. The SMILES string of the molecule is O=C(O)c1ccc(CSc2ncccn2)cc1F. The number of aromatic nitrogens is 2. The fourth-order valence-corrected chi connectivity index (χ4v) is 2.08. The molecule has 0 amide bonds. The van der Waals surface area contributed by atoms with Crippen LogP contribution in [-0.4, -0.2) is 21.0 Å². The second kappa shape index (κ2) is 5.59. The van der Waals surface area contributed by atoms with Crippen LogP contribution in [0.1, 0.15) is 15.9 Å². The van der Waals surface area contributed by atoms with Crippen molar-refractivity contribution in [1.29, 1.82) is 0 Å². The fourth-order valence-electron chi connectivity index (χ4n) is 1.33. The Hall–Kier alpha value is -1.95. The molecular formula is C12H9FN2O2S. The van der Waals surface area contributed by atoms with E-state index in [9.17, 15) is 9.18 Å². The van der Waals surface area contributed by atoms with Crippen molar-refractivity contribution in [1.82, 2.24) is 9.97 Å². The minimum Gasteiger partial charge on any atom is -0.478 e. The summed E-state index contributed by atoms with van der Waals surface area (Å²) in [6.07, 6.45) is 3.26. The lowest BCUT2D eigenvalue weighted by molar-refractivity contribution is 0.0692. The zero-order chi connectivity index (χ0) is 13.0. The molecule has 0 saturated heterocycles. The van der Waals surface area contributed by atoms with Crippen molar-refractivity contribution in [3.8, 4) is 0 Å². The van der Waals surface area contributed by atoms with Crippen LogP contribution in [0.4, 0.5) is 4.39 Å². The van der Waals surface area contributed by atoms with Crippen molar-refractivity contribution in [2.24, 2.45) is 0 Å². The third kappa shape index (κ3) is 3.04. The molecule has 1 aromatic heterocycles. The average Bonchev–Trinajstić information content (AvgIpc) is 2.37. The van der Waals surface area contributed by atoms with Gasteiger partial charge in [-0.05, 0) is 23.8 Å². The minimum absolute atomic E-state index is 0.320. The molecule has 0 aliphatic heterocycles. The highest BCUT2D eigenvalue weighted by atomic mass is 32.2. The number of aromatic carboxylic acids is 1. The molecule has 0 spiro atoms. The van der Waals surface area contributed by atoms with Crippen molar-refractivity contribution in [2.75, 3.05) is 0 Å². The van der Waals surface area contributed by atoms with Crippen LogP contribution < -0.4 is 0 Å². The number of nitrogens with zero attached hydrogens (tertiary/aromatic N) is 2. The summed E-state index contributed by atoms with van der Waals surface area (Å²) < 4.78 is 13.4. The lowest BCUT2D eigenvalue weighted by Gasteiger charge is -2.02. The normalized spacial score (nSPS) is 10.3. The molecule has 2 rings (SSSR count). The Bertz CT molecular complexity index is 563. The lowest BCUT2D eigenvalue weighted by Crippen LogP contribution is -2.00. The van der Waals surface area contributed by atoms with Crippen LogP contribution >= 0.6 is 11.8 Å². The summed E-state index contributed by atoms with van der Waals surface area (Å²) in [4.78, 5) is 18.7. The summed E-state index contributed by atoms with van der Waals surface area (Å²) in [7, 11) is 0. The Balaban J connectivity index is 2.07. The van der Waals surface area contributed by atoms with Gasteiger partial charge in [-0.15, -0.1) is 0 Å². The monoisotopic (exact) mass is 264 g/mol. The molecule has 0 bridgehead atoms. The topological polar surface area (TPSA) is 63.1 Å². The Morgan fingerprint density at radius 3 is 2.67 bits per heavy atom. The Labute approximate surface area is 107 Å². The molecule has 0 aliphatic carbocycles. The summed E-state index contributed by atoms with van der Waals surface area (Å²) in [6.45, 7) is 0. The molecule has 1 N–H and O–H groups in total.